The first-order valence-corrected chi connectivity index (χ1v) is 10.4. The summed E-state index contributed by atoms with van der Waals surface area (Å²) >= 11 is 1.54. The SMILES string of the molecule is CCC(C(=O)Nc1nc2c(s1)CCCC2)N1C=NC2C1C(=O)N(C)C(=O)N2C. The lowest BCUT2D eigenvalue weighted by Gasteiger charge is -2.41. The van der Waals surface area contributed by atoms with Crippen molar-refractivity contribution in [2.24, 2.45) is 4.99 Å². The van der Waals surface area contributed by atoms with E-state index in [2.05, 4.69) is 15.3 Å². The van der Waals surface area contributed by atoms with Crippen LogP contribution < -0.4 is 5.32 Å². The van der Waals surface area contributed by atoms with Crippen LogP contribution in [0.2, 0.25) is 0 Å². The maximum absolute atomic E-state index is 13.0. The number of thiazole rings is 1. The van der Waals surface area contributed by atoms with Gasteiger partial charge in [-0.15, -0.1) is 11.3 Å². The summed E-state index contributed by atoms with van der Waals surface area (Å²) in [5.41, 5.74) is 1.09. The third-order valence-electron chi connectivity index (χ3n) is 5.65. The number of imide groups is 1. The maximum Gasteiger partial charge on any atom is 0.328 e. The predicted octanol–water partition coefficient (Wildman–Crippen LogP) is 1.30. The molecule has 1 N–H and O–H groups in total. The molecule has 3 atom stereocenters. The number of likely N-dealkylation sites (N-methyl/N-ethyl adjacent to an activating group) is 2. The molecule has 1 aromatic heterocycles. The Morgan fingerprint density at radius 1 is 1.32 bits per heavy atom. The third kappa shape index (κ3) is 2.95. The van der Waals surface area contributed by atoms with Gasteiger partial charge in [0.2, 0.25) is 5.91 Å². The van der Waals surface area contributed by atoms with E-state index in [0.717, 1.165) is 36.3 Å². The number of carbonyl (C=O) groups excluding carboxylic acids is 3. The van der Waals surface area contributed by atoms with Gasteiger partial charge in [-0.2, -0.15) is 0 Å². The van der Waals surface area contributed by atoms with Gasteiger partial charge < -0.3 is 15.1 Å². The van der Waals surface area contributed by atoms with Crippen molar-refractivity contribution in [2.75, 3.05) is 19.4 Å². The van der Waals surface area contributed by atoms with Crippen molar-refractivity contribution in [3.63, 3.8) is 0 Å². The summed E-state index contributed by atoms with van der Waals surface area (Å²) in [5.74, 6) is -0.558. The molecule has 3 unspecified atom stereocenters. The molecule has 1 fully saturated rings. The number of aryl methyl sites for hydroxylation is 2. The molecule has 0 bridgehead atoms. The quantitative estimate of drug-likeness (QED) is 0.816. The topological polar surface area (TPSA) is 98.2 Å². The minimum absolute atomic E-state index is 0.212. The summed E-state index contributed by atoms with van der Waals surface area (Å²) in [6.45, 7) is 1.89. The molecular formula is C18H24N6O3S. The molecule has 9 nitrogen and oxygen atoms in total. The standard InChI is InChI=1S/C18H24N6O3S/c1-4-11(15(25)21-17-20-10-7-5-6-8-12(10)28-17)24-9-19-14-13(24)16(26)23(3)18(27)22(14)2/h9,11,13-14H,4-8H2,1-3H3,(H,20,21,25). The van der Waals surface area contributed by atoms with Gasteiger partial charge in [0.05, 0.1) is 12.0 Å². The predicted molar refractivity (Wildman–Crippen MR) is 105 cm³/mol. The van der Waals surface area contributed by atoms with Crippen molar-refractivity contribution in [1.29, 1.82) is 0 Å². The summed E-state index contributed by atoms with van der Waals surface area (Å²) in [6, 6.07) is -1.65. The molecule has 3 aliphatic rings. The van der Waals surface area contributed by atoms with Crippen LogP contribution in [0, 0.1) is 0 Å². The number of aliphatic imine (C=N–C) groups is 1. The highest BCUT2D eigenvalue weighted by Crippen LogP contribution is 2.31. The molecule has 1 saturated heterocycles. The van der Waals surface area contributed by atoms with Gasteiger partial charge in [0.1, 0.15) is 6.04 Å². The number of hydrogen-bond acceptors (Lipinski definition) is 7. The van der Waals surface area contributed by atoms with Crippen molar-refractivity contribution in [2.45, 2.75) is 57.3 Å². The molecule has 0 radical (unpaired) electrons. The first-order valence-electron chi connectivity index (χ1n) is 9.57. The van der Waals surface area contributed by atoms with Crippen molar-refractivity contribution in [3.05, 3.63) is 10.6 Å². The molecule has 1 aliphatic carbocycles. The van der Waals surface area contributed by atoms with Crippen LogP contribution in [-0.2, 0) is 22.4 Å². The van der Waals surface area contributed by atoms with Crippen LogP contribution in [0.1, 0.15) is 36.8 Å². The number of urea groups is 1. The second-order valence-corrected chi connectivity index (χ2v) is 8.45. The molecular weight excluding hydrogens is 380 g/mol. The van der Waals surface area contributed by atoms with E-state index < -0.39 is 24.3 Å². The molecule has 0 spiro atoms. The lowest BCUT2D eigenvalue weighted by Crippen LogP contribution is -2.65. The minimum Gasteiger partial charge on any atom is -0.335 e. The van der Waals surface area contributed by atoms with Crippen LogP contribution in [0.3, 0.4) is 0 Å². The monoisotopic (exact) mass is 404 g/mol. The van der Waals surface area contributed by atoms with Crippen LogP contribution in [0.25, 0.3) is 0 Å². The first-order chi connectivity index (χ1) is 13.4. The van der Waals surface area contributed by atoms with Crippen molar-refractivity contribution < 1.29 is 14.4 Å². The Labute approximate surface area is 167 Å². The number of nitrogens with zero attached hydrogens (tertiary/aromatic N) is 5. The van der Waals surface area contributed by atoms with Gasteiger partial charge in [0.15, 0.2) is 17.3 Å². The average molecular weight is 404 g/mol. The van der Waals surface area contributed by atoms with Crippen LogP contribution >= 0.6 is 11.3 Å². The summed E-state index contributed by atoms with van der Waals surface area (Å²) in [7, 11) is 3.07. The lowest BCUT2D eigenvalue weighted by molar-refractivity contribution is -0.137. The van der Waals surface area contributed by atoms with Gasteiger partial charge >= 0.3 is 6.03 Å². The molecule has 1 aromatic rings. The number of carbonyl (C=O) groups is 3. The summed E-state index contributed by atoms with van der Waals surface area (Å²) in [4.78, 5) is 52.2. The van der Waals surface area contributed by atoms with Crippen LogP contribution in [0.5, 0.6) is 0 Å². The van der Waals surface area contributed by atoms with Gasteiger partial charge in [-0.05, 0) is 32.1 Å². The Morgan fingerprint density at radius 2 is 2.07 bits per heavy atom. The highest BCUT2D eigenvalue weighted by molar-refractivity contribution is 7.15. The molecule has 4 rings (SSSR count). The zero-order valence-corrected chi connectivity index (χ0v) is 17.0. The summed E-state index contributed by atoms with van der Waals surface area (Å²) in [5, 5.41) is 3.54. The maximum atomic E-state index is 13.0. The Balaban J connectivity index is 1.53. The Hall–Kier alpha value is -2.49. The van der Waals surface area contributed by atoms with E-state index in [4.69, 9.17) is 0 Å². The van der Waals surface area contributed by atoms with E-state index in [0.29, 0.717) is 11.6 Å². The molecule has 150 valence electrons. The fourth-order valence-electron chi connectivity index (χ4n) is 4.06. The second-order valence-electron chi connectivity index (χ2n) is 7.37. The van der Waals surface area contributed by atoms with Gasteiger partial charge in [-0.3, -0.25) is 14.5 Å². The van der Waals surface area contributed by atoms with Crippen molar-refractivity contribution >= 4 is 40.7 Å². The smallest absolute Gasteiger partial charge is 0.328 e. The van der Waals surface area contributed by atoms with E-state index in [9.17, 15) is 14.4 Å². The number of nitrogens with one attached hydrogen (secondary N) is 1. The van der Waals surface area contributed by atoms with Gasteiger partial charge in [-0.1, -0.05) is 6.92 Å². The second kappa shape index (κ2) is 7.16. The van der Waals surface area contributed by atoms with Gasteiger partial charge in [0, 0.05) is 19.0 Å². The first kappa shape index (κ1) is 18.9. The van der Waals surface area contributed by atoms with E-state index in [1.165, 1.54) is 34.5 Å². The van der Waals surface area contributed by atoms with Gasteiger partial charge in [0.25, 0.3) is 5.91 Å². The molecule has 2 aliphatic heterocycles. The van der Waals surface area contributed by atoms with Crippen LogP contribution in [0.4, 0.5) is 9.93 Å². The number of anilines is 1. The van der Waals surface area contributed by atoms with E-state index in [1.54, 1.807) is 11.9 Å². The molecule has 0 aromatic carbocycles. The zero-order chi connectivity index (χ0) is 20.0. The van der Waals surface area contributed by atoms with Crippen LogP contribution in [0.15, 0.2) is 4.99 Å². The van der Waals surface area contributed by atoms with Crippen LogP contribution in [-0.4, -0.2) is 76.2 Å². The number of hydrogen-bond donors (Lipinski definition) is 1. The molecule has 3 heterocycles. The molecule has 28 heavy (non-hydrogen) atoms. The van der Waals surface area contributed by atoms with Gasteiger partial charge in [-0.25, -0.2) is 14.8 Å². The molecule has 10 heteroatoms. The highest BCUT2D eigenvalue weighted by atomic mass is 32.1. The minimum atomic E-state index is -0.687. The van der Waals surface area contributed by atoms with Crippen molar-refractivity contribution in [3.8, 4) is 0 Å². The molecule has 4 amide bonds. The fourth-order valence-corrected chi connectivity index (χ4v) is 5.11. The molecule has 0 saturated carbocycles. The van der Waals surface area contributed by atoms with E-state index >= 15 is 0 Å². The van der Waals surface area contributed by atoms with E-state index in [1.807, 2.05) is 6.92 Å². The number of aromatic nitrogens is 1. The Bertz CT molecular complexity index is 829. The number of fused-ring (bicyclic) bond motifs is 2. The summed E-state index contributed by atoms with van der Waals surface area (Å²) in [6.07, 6.45) is 5.70. The van der Waals surface area contributed by atoms with Crippen molar-refractivity contribution in [1.82, 2.24) is 19.7 Å². The fraction of sp³-hybridized carbons (Fsp3) is 0.611. The zero-order valence-electron chi connectivity index (χ0n) is 16.2. The Morgan fingerprint density at radius 3 is 2.79 bits per heavy atom. The lowest BCUT2D eigenvalue weighted by atomic mass is 10.0. The number of rotatable bonds is 4. The third-order valence-corrected chi connectivity index (χ3v) is 6.72. The average Bonchev–Trinajstić information content (AvgIpc) is 3.29. The summed E-state index contributed by atoms with van der Waals surface area (Å²) < 4.78 is 0. The highest BCUT2D eigenvalue weighted by Gasteiger charge is 2.50. The van der Waals surface area contributed by atoms with E-state index in [-0.39, 0.29) is 11.8 Å². The number of amides is 4. The Kier molecular flexibility index (Phi) is 4.82. The normalized spacial score (nSPS) is 25.0. The largest absolute Gasteiger partial charge is 0.335 e.